The van der Waals surface area contributed by atoms with Crippen molar-refractivity contribution in [3.8, 4) is 11.3 Å². The van der Waals surface area contributed by atoms with Crippen LogP contribution >= 0.6 is 0 Å². The van der Waals surface area contributed by atoms with Crippen molar-refractivity contribution in [1.82, 2.24) is 9.97 Å². The van der Waals surface area contributed by atoms with Crippen LogP contribution in [0.3, 0.4) is 0 Å². The normalized spacial score (nSPS) is 10.9. The van der Waals surface area contributed by atoms with Gasteiger partial charge in [-0.3, -0.25) is 0 Å². The molecule has 3 rings (SSSR count). The number of nitrogens with zero attached hydrogens (tertiary/aromatic N) is 2. The Bertz CT molecular complexity index is 765. The third-order valence-electron chi connectivity index (χ3n) is 3.71. The summed E-state index contributed by atoms with van der Waals surface area (Å²) in [5, 5.41) is 2.45. The van der Waals surface area contributed by atoms with Crippen molar-refractivity contribution in [1.29, 1.82) is 0 Å². The van der Waals surface area contributed by atoms with E-state index in [1.807, 2.05) is 6.20 Å². The molecule has 0 aliphatic rings. The van der Waals surface area contributed by atoms with E-state index in [1.165, 1.54) is 16.3 Å². The standard InChI is InChI=1S/C18H19N3/c1-2-3-6-16-12-20-18(19)21-17(16)15-10-9-13-7-4-5-8-14(13)11-15/h4-5,7-12H,2-3,6H2,1H3,(H2,19,20,21). The van der Waals surface area contributed by atoms with E-state index in [0.29, 0.717) is 5.95 Å². The predicted octanol–water partition coefficient (Wildman–Crippen LogP) is 4.22. The fourth-order valence-electron chi connectivity index (χ4n) is 2.56. The van der Waals surface area contributed by atoms with Crippen LogP contribution in [0.2, 0.25) is 0 Å². The number of unbranched alkanes of at least 4 members (excludes halogenated alkanes) is 1. The number of hydrogen-bond donors (Lipinski definition) is 1. The fraction of sp³-hybridized carbons (Fsp3) is 0.222. The summed E-state index contributed by atoms with van der Waals surface area (Å²) in [6, 6.07) is 14.8. The van der Waals surface area contributed by atoms with Crippen molar-refractivity contribution in [2.75, 3.05) is 5.73 Å². The van der Waals surface area contributed by atoms with Gasteiger partial charge in [-0.25, -0.2) is 9.97 Å². The maximum absolute atomic E-state index is 5.78. The van der Waals surface area contributed by atoms with Crippen LogP contribution in [0.1, 0.15) is 25.3 Å². The quantitative estimate of drug-likeness (QED) is 0.776. The molecule has 1 heterocycles. The molecule has 2 aromatic carbocycles. The van der Waals surface area contributed by atoms with Crippen LogP contribution in [-0.2, 0) is 6.42 Å². The number of nitrogen functional groups attached to an aromatic ring is 1. The first-order valence-corrected chi connectivity index (χ1v) is 7.38. The molecule has 0 saturated heterocycles. The minimum atomic E-state index is 0.332. The third-order valence-corrected chi connectivity index (χ3v) is 3.71. The van der Waals surface area contributed by atoms with Crippen LogP contribution in [0.5, 0.6) is 0 Å². The molecule has 0 fully saturated rings. The lowest BCUT2D eigenvalue weighted by atomic mass is 10.00. The SMILES string of the molecule is CCCCc1cnc(N)nc1-c1ccc2ccccc2c1. The van der Waals surface area contributed by atoms with E-state index in [1.54, 1.807) is 0 Å². The van der Waals surface area contributed by atoms with Gasteiger partial charge in [0, 0.05) is 11.8 Å². The van der Waals surface area contributed by atoms with Gasteiger partial charge in [-0.15, -0.1) is 0 Å². The summed E-state index contributed by atoms with van der Waals surface area (Å²) in [7, 11) is 0. The fourth-order valence-corrected chi connectivity index (χ4v) is 2.56. The molecule has 0 aliphatic heterocycles. The Morgan fingerprint density at radius 1 is 1.05 bits per heavy atom. The van der Waals surface area contributed by atoms with Gasteiger partial charge in [-0.05, 0) is 35.2 Å². The van der Waals surface area contributed by atoms with E-state index in [0.717, 1.165) is 30.5 Å². The number of aryl methyl sites for hydroxylation is 1. The first kappa shape index (κ1) is 13.6. The molecule has 0 saturated carbocycles. The van der Waals surface area contributed by atoms with Crippen molar-refractivity contribution in [3.05, 3.63) is 54.2 Å². The van der Waals surface area contributed by atoms with Crippen molar-refractivity contribution in [3.63, 3.8) is 0 Å². The zero-order chi connectivity index (χ0) is 14.7. The zero-order valence-corrected chi connectivity index (χ0v) is 12.2. The first-order valence-electron chi connectivity index (χ1n) is 7.38. The summed E-state index contributed by atoms with van der Waals surface area (Å²) in [4.78, 5) is 8.62. The Labute approximate surface area is 124 Å². The van der Waals surface area contributed by atoms with Crippen molar-refractivity contribution >= 4 is 16.7 Å². The Hall–Kier alpha value is -2.42. The lowest BCUT2D eigenvalue weighted by Gasteiger charge is -2.10. The molecule has 2 N–H and O–H groups in total. The summed E-state index contributed by atoms with van der Waals surface area (Å²) in [6.45, 7) is 2.19. The van der Waals surface area contributed by atoms with E-state index in [2.05, 4.69) is 59.4 Å². The Balaban J connectivity index is 2.09. The smallest absolute Gasteiger partial charge is 0.220 e. The molecule has 3 heteroatoms. The molecule has 0 atom stereocenters. The van der Waals surface area contributed by atoms with E-state index >= 15 is 0 Å². The molecule has 106 valence electrons. The summed E-state index contributed by atoms with van der Waals surface area (Å²) in [5.41, 5.74) is 9.02. The number of fused-ring (bicyclic) bond motifs is 1. The van der Waals surface area contributed by atoms with Crippen molar-refractivity contribution in [2.45, 2.75) is 26.2 Å². The molecule has 0 spiro atoms. The van der Waals surface area contributed by atoms with E-state index in [9.17, 15) is 0 Å². The molecule has 0 radical (unpaired) electrons. The summed E-state index contributed by atoms with van der Waals surface area (Å²) >= 11 is 0. The molecule has 21 heavy (non-hydrogen) atoms. The number of benzene rings is 2. The highest BCUT2D eigenvalue weighted by molar-refractivity contribution is 5.87. The molecular weight excluding hydrogens is 258 g/mol. The third kappa shape index (κ3) is 2.87. The molecule has 1 aromatic heterocycles. The minimum absolute atomic E-state index is 0.332. The Kier molecular flexibility index (Phi) is 3.82. The van der Waals surface area contributed by atoms with Crippen LogP contribution in [-0.4, -0.2) is 9.97 Å². The highest BCUT2D eigenvalue weighted by Crippen LogP contribution is 2.26. The Morgan fingerprint density at radius 3 is 2.67 bits per heavy atom. The second kappa shape index (κ2) is 5.92. The van der Waals surface area contributed by atoms with Gasteiger partial charge in [0.2, 0.25) is 5.95 Å². The number of aromatic nitrogens is 2. The summed E-state index contributed by atoms with van der Waals surface area (Å²) in [5.74, 6) is 0.332. The lowest BCUT2D eigenvalue weighted by molar-refractivity contribution is 0.790. The number of rotatable bonds is 4. The van der Waals surface area contributed by atoms with Crippen LogP contribution in [0.4, 0.5) is 5.95 Å². The van der Waals surface area contributed by atoms with Crippen LogP contribution < -0.4 is 5.73 Å². The molecule has 0 unspecified atom stereocenters. The van der Waals surface area contributed by atoms with Crippen LogP contribution in [0.15, 0.2) is 48.7 Å². The van der Waals surface area contributed by atoms with Gasteiger partial charge in [-0.1, -0.05) is 49.7 Å². The molecule has 0 amide bonds. The van der Waals surface area contributed by atoms with Gasteiger partial charge in [0.15, 0.2) is 0 Å². The lowest BCUT2D eigenvalue weighted by Crippen LogP contribution is -2.01. The highest BCUT2D eigenvalue weighted by atomic mass is 15.0. The van der Waals surface area contributed by atoms with E-state index in [-0.39, 0.29) is 0 Å². The van der Waals surface area contributed by atoms with Crippen LogP contribution in [0.25, 0.3) is 22.0 Å². The summed E-state index contributed by atoms with van der Waals surface area (Å²) in [6.07, 6.45) is 5.14. The molecular formula is C18H19N3. The first-order chi connectivity index (χ1) is 10.3. The Morgan fingerprint density at radius 2 is 1.86 bits per heavy atom. The van der Waals surface area contributed by atoms with Crippen LogP contribution in [0, 0.1) is 0 Å². The number of anilines is 1. The number of nitrogens with two attached hydrogens (primary N) is 1. The van der Waals surface area contributed by atoms with E-state index in [4.69, 9.17) is 5.73 Å². The van der Waals surface area contributed by atoms with Gasteiger partial charge in [0.05, 0.1) is 5.69 Å². The minimum Gasteiger partial charge on any atom is -0.368 e. The van der Waals surface area contributed by atoms with Gasteiger partial charge in [0.1, 0.15) is 0 Å². The van der Waals surface area contributed by atoms with Gasteiger partial charge >= 0.3 is 0 Å². The monoisotopic (exact) mass is 277 g/mol. The maximum atomic E-state index is 5.78. The van der Waals surface area contributed by atoms with Crippen molar-refractivity contribution < 1.29 is 0 Å². The van der Waals surface area contributed by atoms with Gasteiger partial charge in [-0.2, -0.15) is 0 Å². The molecule has 0 bridgehead atoms. The molecule has 0 aliphatic carbocycles. The predicted molar refractivity (Wildman–Crippen MR) is 88.0 cm³/mol. The average molecular weight is 277 g/mol. The number of hydrogen-bond acceptors (Lipinski definition) is 3. The second-order valence-corrected chi connectivity index (χ2v) is 5.27. The van der Waals surface area contributed by atoms with Gasteiger partial charge in [0.25, 0.3) is 0 Å². The largest absolute Gasteiger partial charge is 0.368 e. The zero-order valence-electron chi connectivity index (χ0n) is 12.2. The highest BCUT2D eigenvalue weighted by Gasteiger charge is 2.09. The molecule has 3 aromatic rings. The molecule has 3 nitrogen and oxygen atoms in total. The van der Waals surface area contributed by atoms with Crippen molar-refractivity contribution in [2.24, 2.45) is 0 Å². The summed E-state index contributed by atoms with van der Waals surface area (Å²) < 4.78 is 0. The topological polar surface area (TPSA) is 51.8 Å². The maximum Gasteiger partial charge on any atom is 0.220 e. The van der Waals surface area contributed by atoms with Gasteiger partial charge < -0.3 is 5.73 Å². The van der Waals surface area contributed by atoms with E-state index < -0.39 is 0 Å². The second-order valence-electron chi connectivity index (χ2n) is 5.27. The average Bonchev–Trinajstić information content (AvgIpc) is 2.53.